The lowest BCUT2D eigenvalue weighted by Crippen LogP contribution is -2.52. The molecule has 3 nitrogen and oxygen atoms in total. The summed E-state index contributed by atoms with van der Waals surface area (Å²) in [6.07, 6.45) is 8.05. The van der Waals surface area contributed by atoms with Gasteiger partial charge in [-0.1, -0.05) is 43.2 Å². The fourth-order valence-corrected chi connectivity index (χ4v) is 3.17. The minimum atomic E-state index is -0.418. The normalized spacial score (nSPS) is 17.0. The first-order chi connectivity index (χ1) is 10.2. The van der Waals surface area contributed by atoms with Crippen LogP contribution in [0.15, 0.2) is 30.3 Å². The summed E-state index contributed by atoms with van der Waals surface area (Å²) in [5, 5.41) is 3.36. The Kier molecular flexibility index (Phi) is 5.41. The predicted molar refractivity (Wildman–Crippen MR) is 85.9 cm³/mol. The second-order valence-electron chi connectivity index (χ2n) is 5.63. The summed E-state index contributed by atoms with van der Waals surface area (Å²) in [5.41, 5.74) is 0.702. The number of nitrogens with zero attached hydrogens (tertiary/aromatic N) is 1. The van der Waals surface area contributed by atoms with E-state index in [0.29, 0.717) is 6.54 Å². The van der Waals surface area contributed by atoms with E-state index in [2.05, 4.69) is 30.3 Å². The topological polar surface area (TPSA) is 32.3 Å². The molecule has 1 aromatic carbocycles. The van der Waals surface area contributed by atoms with Crippen molar-refractivity contribution in [1.29, 1.82) is 0 Å². The summed E-state index contributed by atoms with van der Waals surface area (Å²) in [6.45, 7) is 4.95. The number of hydrogen-bond acceptors (Lipinski definition) is 2. The van der Waals surface area contributed by atoms with Crippen molar-refractivity contribution in [1.82, 2.24) is 10.2 Å². The maximum absolute atomic E-state index is 13.2. The van der Waals surface area contributed by atoms with E-state index < -0.39 is 5.41 Å². The molecule has 1 aliphatic rings. The zero-order valence-electron chi connectivity index (χ0n) is 12.8. The Balaban J connectivity index is 2.35. The van der Waals surface area contributed by atoms with Crippen molar-refractivity contribution < 1.29 is 4.79 Å². The highest BCUT2D eigenvalue weighted by molar-refractivity contribution is 5.88. The summed E-state index contributed by atoms with van der Waals surface area (Å²) >= 11 is 0. The third-order valence-electron chi connectivity index (χ3n) is 4.26. The van der Waals surface area contributed by atoms with Gasteiger partial charge in [-0.25, -0.2) is 0 Å². The van der Waals surface area contributed by atoms with Crippen molar-refractivity contribution in [3.8, 4) is 12.3 Å². The van der Waals surface area contributed by atoms with Gasteiger partial charge in [0.1, 0.15) is 0 Å². The predicted octanol–water partition coefficient (Wildman–Crippen LogP) is 2.18. The second-order valence-corrected chi connectivity index (χ2v) is 5.63. The largest absolute Gasteiger partial charge is 0.331 e. The monoisotopic (exact) mass is 284 g/mol. The standard InChI is InChI=1S/C18H24N2O/c1-3-14-20(15-4-2)17(21)18(10-12-19-13-11-18)16-8-6-5-7-9-16/h1,5-9,19H,4,10-15H2,2H3. The van der Waals surface area contributed by atoms with Crippen molar-refractivity contribution in [3.05, 3.63) is 35.9 Å². The quantitative estimate of drug-likeness (QED) is 0.841. The third kappa shape index (κ3) is 3.28. The van der Waals surface area contributed by atoms with Gasteiger partial charge in [0, 0.05) is 6.54 Å². The first-order valence-electron chi connectivity index (χ1n) is 7.73. The van der Waals surface area contributed by atoms with Gasteiger partial charge in [0.05, 0.1) is 12.0 Å². The lowest BCUT2D eigenvalue weighted by atomic mass is 9.72. The Hall–Kier alpha value is -1.79. The van der Waals surface area contributed by atoms with Crippen molar-refractivity contribution in [2.24, 2.45) is 0 Å². The molecule has 0 saturated carbocycles. The van der Waals surface area contributed by atoms with Crippen LogP contribution in [-0.2, 0) is 10.2 Å². The van der Waals surface area contributed by atoms with E-state index in [-0.39, 0.29) is 5.91 Å². The smallest absolute Gasteiger partial charge is 0.234 e. The summed E-state index contributed by atoms with van der Waals surface area (Å²) in [6, 6.07) is 10.2. The first-order valence-corrected chi connectivity index (χ1v) is 7.73. The molecule has 1 amide bonds. The average molecular weight is 284 g/mol. The van der Waals surface area contributed by atoms with Crippen LogP contribution in [0.5, 0.6) is 0 Å². The summed E-state index contributed by atoms with van der Waals surface area (Å²) in [5.74, 6) is 2.82. The van der Waals surface area contributed by atoms with Crippen molar-refractivity contribution in [2.75, 3.05) is 26.2 Å². The molecule has 1 aromatic rings. The molecule has 1 N–H and O–H groups in total. The maximum Gasteiger partial charge on any atom is 0.234 e. The van der Waals surface area contributed by atoms with Crippen molar-refractivity contribution in [2.45, 2.75) is 31.6 Å². The van der Waals surface area contributed by atoms with Crippen LogP contribution < -0.4 is 5.32 Å². The number of piperidine rings is 1. The van der Waals surface area contributed by atoms with Gasteiger partial charge in [-0.05, 0) is 37.9 Å². The van der Waals surface area contributed by atoms with Crippen LogP contribution in [0.1, 0.15) is 31.7 Å². The number of amides is 1. The number of carbonyl (C=O) groups excluding carboxylic acids is 1. The molecule has 2 rings (SSSR count). The van der Waals surface area contributed by atoms with Crippen LogP contribution in [0, 0.1) is 12.3 Å². The molecular formula is C18H24N2O. The molecule has 0 radical (unpaired) electrons. The Bertz CT molecular complexity index is 498. The van der Waals surface area contributed by atoms with E-state index in [1.54, 1.807) is 0 Å². The molecule has 0 spiro atoms. The van der Waals surface area contributed by atoms with Gasteiger partial charge >= 0.3 is 0 Å². The van der Waals surface area contributed by atoms with Gasteiger partial charge in [0.15, 0.2) is 0 Å². The molecule has 0 atom stereocenters. The molecule has 3 heteroatoms. The van der Waals surface area contributed by atoms with Crippen LogP contribution >= 0.6 is 0 Å². The van der Waals surface area contributed by atoms with E-state index >= 15 is 0 Å². The van der Waals surface area contributed by atoms with Crippen LogP contribution in [-0.4, -0.2) is 37.0 Å². The highest BCUT2D eigenvalue weighted by Gasteiger charge is 2.43. The fraction of sp³-hybridized carbons (Fsp3) is 0.500. The number of carbonyl (C=O) groups is 1. The number of hydrogen-bond donors (Lipinski definition) is 1. The molecule has 1 aliphatic heterocycles. The van der Waals surface area contributed by atoms with Gasteiger partial charge < -0.3 is 10.2 Å². The first kappa shape index (κ1) is 15.6. The average Bonchev–Trinajstić information content (AvgIpc) is 2.55. The third-order valence-corrected chi connectivity index (χ3v) is 4.26. The summed E-state index contributed by atoms with van der Waals surface area (Å²) in [7, 11) is 0. The van der Waals surface area contributed by atoms with E-state index in [4.69, 9.17) is 6.42 Å². The SMILES string of the molecule is C#CCN(CCC)C(=O)C1(c2ccccc2)CCNCC1. The van der Waals surface area contributed by atoms with Crippen LogP contribution in [0.3, 0.4) is 0 Å². The number of benzene rings is 1. The lowest BCUT2D eigenvalue weighted by Gasteiger charge is -2.40. The van der Waals surface area contributed by atoms with Crippen molar-refractivity contribution >= 4 is 5.91 Å². The number of terminal acetylenes is 1. The Morgan fingerprint density at radius 3 is 2.57 bits per heavy atom. The summed E-state index contributed by atoms with van der Waals surface area (Å²) < 4.78 is 0. The number of rotatable bonds is 5. The Morgan fingerprint density at radius 2 is 2.00 bits per heavy atom. The van der Waals surface area contributed by atoms with Gasteiger partial charge in [-0.3, -0.25) is 4.79 Å². The molecule has 1 saturated heterocycles. The lowest BCUT2D eigenvalue weighted by molar-refractivity contribution is -0.138. The van der Waals surface area contributed by atoms with Gasteiger partial charge in [-0.2, -0.15) is 0 Å². The Morgan fingerprint density at radius 1 is 1.33 bits per heavy atom. The molecule has 21 heavy (non-hydrogen) atoms. The zero-order valence-corrected chi connectivity index (χ0v) is 12.8. The second kappa shape index (κ2) is 7.28. The minimum absolute atomic E-state index is 0.190. The van der Waals surface area contributed by atoms with E-state index in [1.807, 2.05) is 23.1 Å². The number of nitrogens with one attached hydrogen (secondary N) is 1. The van der Waals surface area contributed by atoms with Crippen LogP contribution in [0.2, 0.25) is 0 Å². The highest BCUT2D eigenvalue weighted by Crippen LogP contribution is 2.35. The van der Waals surface area contributed by atoms with Crippen molar-refractivity contribution in [3.63, 3.8) is 0 Å². The Labute approximate surface area is 127 Å². The van der Waals surface area contributed by atoms with Gasteiger partial charge in [0.2, 0.25) is 5.91 Å². The zero-order chi connectivity index (χ0) is 15.1. The summed E-state index contributed by atoms with van der Waals surface area (Å²) in [4.78, 5) is 15.0. The molecule has 0 aromatic heterocycles. The van der Waals surface area contributed by atoms with E-state index in [0.717, 1.165) is 44.5 Å². The molecule has 0 unspecified atom stereocenters. The fourth-order valence-electron chi connectivity index (χ4n) is 3.17. The van der Waals surface area contributed by atoms with Gasteiger partial charge in [0.25, 0.3) is 0 Å². The molecular weight excluding hydrogens is 260 g/mol. The highest BCUT2D eigenvalue weighted by atomic mass is 16.2. The van der Waals surface area contributed by atoms with E-state index in [9.17, 15) is 4.79 Å². The molecule has 0 aliphatic carbocycles. The maximum atomic E-state index is 13.2. The molecule has 0 bridgehead atoms. The molecule has 1 heterocycles. The minimum Gasteiger partial charge on any atom is -0.331 e. The molecule has 1 fully saturated rings. The van der Waals surface area contributed by atoms with E-state index in [1.165, 1.54) is 0 Å². The van der Waals surface area contributed by atoms with Crippen LogP contribution in [0.25, 0.3) is 0 Å². The van der Waals surface area contributed by atoms with Gasteiger partial charge in [-0.15, -0.1) is 6.42 Å². The molecule has 112 valence electrons. The van der Waals surface area contributed by atoms with Crippen LogP contribution in [0.4, 0.5) is 0 Å².